The SMILES string of the molecule is CC(=O)OC1C2C(C)(C)C(=O)C=CC2(C)C2CCC3(C)C(=CCC3c3ccoc3)C2(C)C1OC(C)=O. The molecular formula is C30H38O6. The van der Waals surface area contributed by atoms with Crippen LogP contribution in [0.4, 0.5) is 0 Å². The number of carbonyl (C=O) groups excluding carboxylic acids is 3. The lowest BCUT2D eigenvalue weighted by atomic mass is 9.37. The number of hydrogen-bond acceptors (Lipinski definition) is 6. The third kappa shape index (κ3) is 3.18. The predicted octanol–water partition coefficient (Wildman–Crippen LogP) is 5.78. The monoisotopic (exact) mass is 494 g/mol. The molecule has 6 heteroatoms. The highest BCUT2D eigenvalue weighted by atomic mass is 16.6. The van der Waals surface area contributed by atoms with Crippen molar-refractivity contribution in [3.63, 3.8) is 0 Å². The second-order valence-corrected chi connectivity index (χ2v) is 12.6. The topological polar surface area (TPSA) is 82.8 Å². The number of hydrogen-bond donors (Lipinski definition) is 0. The third-order valence-electron chi connectivity index (χ3n) is 10.4. The summed E-state index contributed by atoms with van der Waals surface area (Å²) in [5, 5.41) is 0. The predicted molar refractivity (Wildman–Crippen MR) is 134 cm³/mol. The summed E-state index contributed by atoms with van der Waals surface area (Å²) < 4.78 is 17.7. The van der Waals surface area contributed by atoms with Crippen LogP contribution in [0.2, 0.25) is 0 Å². The Labute approximate surface area is 213 Å². The van der Waals surface area contributed by atoms with E-state index in [2.05, 4.69) is 32.9 Å². The lowest BCUT2D eigenvalue weighted by Gasteiger charge is -2.67. The quantitative estimate of drug-likeness (QED) is 0.391. The maximum Gasteiger partial charge on any atom is 0.303 e. The molecule has 194 valence electrons. The van der Waals surface area contributed by atoms with Gasteiger partial charge in [0.05, 0.1) is 12.5 Å². The number of ether oxygens (including phenoxy) is 2. The first-order chi connectivity index (χ1) is 16.8. The summed E-state index contributed by atoms with van der Waals surface area (Å²) in [6.45, 7) is 13.4. The molecule has 4 aliphatic carbocycles. The van der Waals surface area contributed by atoms with Crippen molar-refractivity contribution in [3.8, 4) is 0 Å². The van der Waals surface area contributed by atoms with Crippen LogP contribution >= 0.6 is 0 Å². The minimum atomic E-state index is -0.784. The molecule has 4 aliphatic rings. The summed E-state index contributed by atoms with van der Waals surface area (Å²) in [6.07, 6.45) is 11.0. The molecule has 2 fully saturated rings. The van der Waals surface area contributed by atoms with Gasteiger partial charge in [-0.05, 0) is 59.6 Å². The van der Waals surface area contributed by atoms with Crippen molar-refractivity contribution in [2.45, 2.75) is 85.9 Å². The third-order valence-corrected chi connectivity index (χ3v) is 10.4. The van der Waals surface area contributed by atoms with Gasteiger partial charge in [0.2, 0.25) is 0 Å². The van der Waals surface area contributed by atoms with Gasteiger partial charge in [-0.25, -0.2) is 0 Å². The first kappa shape index (κ1) is 25.0. The van der Waals surface area contributed by atoms with E-state index in [1.165, 1.54) is 25.0 Å². The Morgan fingerprint density at radius 3 is 2.36 bits per heavy atom. The molecule has 1 aromatic rings. The van der Waals surface area contributed by atoms with E-state index in [9.17, 15) is 14.4 Å². The smallest absolute Gasteiger partial charge is 0.303 e. The molecule has 0 saturated heterocycles. The maximum absolute atomic E-state index is 13.2. The Bertz CT molecular complexity index is 1160. The highest BCUT2D eigenvalue weighted by molar-refractivity contribution is 5.96. The largest absolute Gasteiger partial charge is 0.472 e. The lowest BCUT2D eigenvalue weighted by Crippen LogP contribution is -2.70. The number of fused-ring (bicyclic) bond motifs is 5. The van der Waals surface area contributed by atoms with E-state index in [-0.39, 0.29) is 29.0 Å². The fraction of sp³-hybridized carbons (Fsp3) is 0.633. The number of rotatable bonds is 3. The van der Waals surface area contributed by atoms with Crippen molar-refractivity contribution in [1.82, 2.24) is 0 Å². The molecule has 2 saturated carbocycles. The highest BCUT2D eigenvalue weighted by Gasteiger charge is 2.72. The van der Waals surface area contributed by atoms with Gasteiger partial charge in [-0.3, -0.25) is 14.4 Å². The number of allylic oxidation sites excluding steroid dienone is 3. The van der Waals surface area contributed by atoms with Crippen LogP contribution in [0.25, 0.3) is 0 Å². The fourth-order valence-electron chi connectivity index (χ4n) is 9.09. The molecule has 5 rings (SSSR count). The van der Waals surface area contributed by atoms with Crippen LogP contribution < -0.4 is 0 Å². The molecule has 1 heterocycles. The molecule has 0 aromatic carbocycles. The summed E-state index contributed by atoms with van der Waals surface area (Å²) in [5.41, 5.74) is 0.496. The van der Waals surface area contributed by atoms with Gasteiger partial charge in [0.15, 0.2) is 5.78 Å². The number of carbonyl (C=O) groups is 3. The first-order valence-electron chi connectivity index (χ1n) is 13.1. The zero-order valence-electron chi connectivity index (χ0n) is 22.4. The van der Waals surface area contributed by atoms with Crippen molar-refractivity contribution < 1.29 is 28.3 Å². The molecule has 8 atom stereocenters. The number of furan rings is 1. The molecule has 0 N–H and O–H groups in total. The molecule has 6 nitrogen and oxygen atoms in total. The Hall–Kier alpha value is -2.63. The fourth-order valence-corrected chi connectivity index (χ4v) is 9.09. The molecule has 8 unspecified atom stereocenters. The van der Waals surface area contributed by atoms with E-state index in [1.54, 1.807) is 12.3 Å². The average Bonchev–Trinajstić information content (AvgIpc) is 3.41. The minimum Gasteiger partial charge on any atom is -0.472 e. The molecule has 0 amide bonds. The zero-order valence-corrected chi connectivity index (χ0v) is 22.4. The lowest BCUT2D eigenvalue weighted by molar-refractivity contribution is -0.237. The molecule has 0 radical (unpaired) electrons. The van der Waals surface area contributed by atoms with Gasteiger partial charge >= 0.3 is 11.9 Å². The first-order valence-corrected chi connectivity index (χ1v) is 13.1. The van der Waals surface area contributed by atoms with Crippen LogP contribution in [0.1, 0.15) is 79.2 Å². The molecule has 36 heavy (non-hydrogen) atoms. The average molecular weight is 495 g/mol. The second-order valence-electron chi connectivity index (χ2n) is 12.6. The second kappa shape index (κ2) is 7.93. The van der Waals surface area contributed by atoms with Crippen LogP contribution in [0.3, 0.4) is 0 Å². The Balaban J connectivity index is 1.73. The van der Waals surface area contributed by atoms with E-state index in [4.69, 9.17) is 13.9 Å². The van der Waals surface area contributed by atoms with Crippen LogP contribution in [-0.2, 0) is 23.9 Å². The van der Waals surface area contributed by atoms with Crippen molar-refractivity contribution in [1.29, 1.82) is 0 Å². The molecule has 1 aromatic heterocycles. The van der Waals surface area contributed by atoms with Crippen molar-refractivity contribution in [2.75, 3.05) is 0 Å². The van der Waals surface area contributed by atoms with E-state index >= 15 is 0 Å². The maximum atomic E-state index is 13.2. The van der Waals surface area contributed by atoms with Crippen molar-refractivity contribution >= 4 is 17.7 Å². The normalized spacial score (nSPS) is 42.6. The highest BCUT2D eigenvalue weighted by Crippen LogP contribution is 2.73. The summed E-state index contributed by atoms with van der Waals surface area (Å²) in [5.74, 6) is -0.808. The molecule has 0 bridgehead atoms. The molecular weight excluding hydrogens is 456 g/mol. The Morgan fingerprint density at radius 1 is 1.06 bits per heavy atom. The van der Waals surface area contributed by atoms with E-state index < -0.39 is 40.4 Å². The Morgan fingerprint density at radius 2 is 1.75 bits per heavy atom. The van der Waals surface area contributed by atoms with Gasteiger partial charge in [-0.2, -0.15) is 0 Å². The van der Waals surface area contributed by atoms with Gasteiger partial charge in [0, 0.05) is 30.6 Å². The van der Waals surface area contributed by atoms with Crippen LogP contribution in [0, 0.1) is 33.5 Å². The van der Waals surface area contributed by atoms with Gasteiger partial charge in [0.1, 0.15) is 12.2 Å². The van der Waals surface area contributed by atoms with Gasteiger partial charge in [-0.1, -0.05) is 52.3 Å². The van der Waals surface area contributed by atoms with Crippen LogP contribution in [-0.4, -0.2) is 29.9 Å². The van der Waals surface area contributed by atoms with Gasteiger partial charge in [0.25, 0.3) is 0 Å². The summed E-state index contributed by atoms with van der Waals surface area (Å²) in [6, 6.07) is 2.04. The van der Waals surface area contributed by atoms with Crippen LogP contribution in [0.5, 0.6) is 0 Å². The van der Waals surface area contributed by atoms with Crippen molar-refractivity contribution in [2.24, 2.45) is 33.5 Å². The van der Waals surface area contributed by atoms with Crippen LogP contribution in [0.15, 0.2) is 46.8 Å². The van der Waals surface area contributed by atoms with E-state index in [1.807, 2.05) is 26.2 Å². The van der Waals surface area contributed by atoms with Crippen molar-refractivity contribution in [3.05, 3.63) is 48.0 Å². The standard InChI is InChI=1S/C30H38O6/c1-17(31)35-24-25-27(3,4)23(33)11-14-29(25,6)22-10-13-28(5)20(19-12-15-34-16-19)8-9-21(28)30(22,7)26(24)36-18(2)32/h9,11-12,14-16,20,22,24-26H,8,10,13H2,1-7H3. The van der Waals surface area contributed by atoms with Gasteiger partial charge in [-0.15, -0.1) is 0 Å². The summed E-state index contributed by atoms with van der Waals surface area (Å²) in [4.78, 5) is 38.2. The Kier molecular flexibility index (Phi) is 5.52. The number of ketones is 1. The summed E-state index contributed by atoms with van der Waals surface area (Å²) >= 11 is 0. The minimum absolute atomic E-state index is 0.00746. The van der Waals surface area contributed by atoms with Gasteiger partial charge < -0.3 is 13.9 Å². The molecule has 0 spiro atoms. The number of esters is 2. The zero-order chi connectivity index (χ0) is 26.3. The molecule has 0 aliphatic heterocycles. The summed E-state index contributed by atoms with van der Waals surface area (Å²) in [7, 11) is 0. The van der Waals surface area contributed by atoms with E-state index in [0.717, 1.165) is 19.3 Å². The van der Waals surface area contributed by atoms with E-state index in [0.29, 0.717) is 0 Å².